The maximum atomic E-state index is 11.4. The summed E-state index contributed by atoms with van der Waals surface area (Å²) in [7, 11) is -2.96. The first-order chi connectivity index (χ1) is 7.65. The molecule has 0 fully saturated rings. The summed E-state index contributed by atoms with van der Waals surface area (Å²) in [6.45, 7) is 8.08. The Bertz CT molecular complexity index is 483. The predicted octanol–water partition coefficient (Wildman–Crippen LogP) is 1.20. The zero-order chi connectivity index (χ0) is 13.3. The van der Waals surface area contributed by atoms with E-state index in [2.05, 4.69) is 5.10 Å². The Morgan fingerprint density at radius 2 is 2.00 bits per heavy atom. The largest absolute Gasteiger partial charge is 0.396 e. The highest BCUT2D eigenvalue weighted by Crippen LogP contribution is 2.25. The molecular weight excluding hydrogens is 238 g/mol. The predicted molar refractivity (Wildman–Crippen MR) is 69.7 cm³/mol. The lowest BCUT2D eigenvalue weighted by atomic mass is 9.92. The van der Waals surface area contributed by atoms with Gasteiger partial charge >= 0.3 is 0 Å². The van der Waals surface area contributed by atoms with Gasteiger partial charge in [-0.3, -0.25) is 4.68 Å². The maximum Gasteiger partial charge on any atom is 0.151 e. The third kappa shape index (κ3) is 3.73. The number of aromatic nitrogens is 2. The second-order valence-electron chi connectivity index (χ2n) is 5.18. The fourth-order valence-electron chi connectivity index (χ4n) is 1.51. The highest BCUT2D eigenvalue weighted by Gasteiger charge is 2.21. The van der Waals surface area contributed by atoms with Crippen LogP contribution in [-0.4, -0.2) is 29.7 Å². The Balaban J connectivity index is 2.82. The van der Waals surface area contributed by atoms with Crippen molar-refractivity contribution in [1.82, 2.24) is 9.78 Å². The minimum absolute atomic E-state index is 0.105. The maximum absolute atomic E-state index is 11.4. The molecular formula is C11H21N3O2S. The van der Waals surface area contributed by atoms with Crippen LogP contribution in [0.25, 0.3) is 0 Å². The molecule has 0 saturated heterocycles. The van der Waals surface area contributed by atoms with Crippen molar-refractivity contribution in [2.45, 2.75) is 39.7 Å². The van der Waals surface area contributed by atoms with Crippen LogP contribution in [0.3, 0.4) is 0 Å². The molecule has 0 spiro atoms. The van der Waals surface area contributed by atoms with E-state index in [-0.39, 0.29) is 16.9 Å². The molecule has 0 aromatic carbocycles. The van der Waals surface area contributed by atoms with Crippen molar-refractivity contribution in [3.63, 3.8) is 0 Å². The molecule has 5 nitrogen and oxygen atoms in total. The van der Waals surface area contributed by atoms with Crippen molar-refractivity contribution in [3.8, 4) is 0 Å². The second-order valence-corrected chi connectivity index (χ2v) is 7.66. The number of rotatable bonds is 4. The monoisotopic (exact) mass is 259 g/mol. The Kier molecular flexibility index (Phi) is 3.86. The number of sulfone groups is 1. The van der Waals surface area contributed by atoms with E-state index in [1.807, 2.05) is 20.8 Å². The molecule has 0 aliphatic rings. The van der Waals surface area contributed by atoms with Gasteiger partial charge in [0, 0.05) is 17.4 Å². The van der Waals surface area contributed by atoms with Crippen LogP contribution >= 0.6 is 0 Å². The minimum Gasteiger partial charge on any atom is -0.396 e. The molecule has 0 radical (unpaired) electrons. The Labute approximate surface area is 103 Å². The van der Waals surface area contributed by atoms with Gasteiger partial charge in [0.25, 0.3) is 0 Å². The van der Waals surface area contributed by atoms with Crippen molar-refractivity contribution >= 4 is 15.5 Å². The first kappa shape index (κ1) is 14.0. The van der Waals surface area contributed by atoms with Crippen LogP contribution in [0.15, 0.2) is 6.20 Å². The number of nitrogens with zero attached hydrogens (tertiary/aromatic N) is 2. The zero-order valence-electron chi connectivity index (χ0n) is 10.9. The molecule has 98 valence electrons. The van der Waals surface area contributed by atoms with Gasteiger partial charge in [0.1, 0.15) is 0 Å². The van der Waals surface area contributed by atoms with E-state index in [0.29, 0.717) is 12.2 Å². The molecule has 0 unspecified atom stereocenters. The van der Waals surface area contributed by atoms with Gasteiger partial charge in [0.2, 0.25) is 0 Å². The summed E-state index contributed by atoms with van der Waals surface area (Å²) in [4.78, 5) is 0. The van der Waals surface area contributed by atoms with Crippen LogP contribution in [0.5, 0.6) is 0 Å². The molecule has 1 aromatic rings. The summed E-state index contributed by atoms with van der Waals surface area (Å²) in [5, 5.41) is 4.35. The van der Waals surface area contributed by atoms with Crippen molar-refractivity contribution in [2.75, 3.05) is 17.2 Å². The van der Waals surface area contributed by atoms with Gasteiger partial charge < -0.3 is 5.73 Å². The topological polar surface area (TPSA) is 78.0 Å². The first-order valence-electron chi connectivity index (χ1n) is 5.69. The van der Waals surface area contributed by atoms with Gasteiger partial charge in [0.05, 0.1) is 23.7 Å². The standard InChI is InChI=1S/C11H21N3O2S/c1-5-17(15,16)7-6-14-8-9(12)10(13-14)11(2,3)4/h8H,5-7,12H2,1-4H3. The summed E-state index contributed by atoms with van der Waals surface area (Å²) in [5.41, 5.74) is 7.17. The molecule has 0 amide bonds. The van der Waals surface area contributed by atoms with Crippen molar-refractivity contribution < 1.29 is 8.42 Å². The SMILES string of the molecule is CCS(=O)(=O)CCn1cc(N)c(C(C)(C)C)n1. The highest BCUT2D eigenvalue weighted by atomic mass is 32.2. The second kappa shape index (κ2) is 4.68. The lowest BCUT2D eigenvalue weighted by molar-refractivity contribution is 0.538. The lowest BCUT2D eigenvalue weighted by Crippen LogP contribution is -2.17. The normalized spacial score (nSPS) is 12.9. The van der Waals surface area contributed by atoms with E-state index in [1.165, 1.54) is 0 Å². The Morgan fingerprint density at radius 3 is 2.41 bits per heavy atom. The molecule has 0 saturated carbocycles. The highest BCUT2D eigenvalue weighted by molar-refractivity contribution is 7.91. The molecule has 0 bridgehead atoms. The zero-order valence-corrected chi connectivity index (χ0v) is 11.7. The number of hydrogen-bond donors (Lipinski definition) is 1. The molecule has 0 aliphatic carbocycles. The van der Waals surface area contributed by atoms with E-state index < -0.39 is 9.84 Å². The Morgan fingerprint density at radius 1 is 1.41 bits per heavy atom. The van der Waals surface area contributed by atoms with E-state index >= 15 is 0 Å². The molecule has 1 heterocycles. The van der Waals surface area contributed by atoms with E-state index in [0.717, 1.165) is 5.69 Å². The van der Waals surface area contributed by atoms with Crippen LogP contribution in [0.1, 0.15) is 33.4 Å². The van der Waals surface area contributed by atoms with Gasteiger partial charge in [-0.1, -0.05) is 27.7 Å². The van der Waals surface area contributed by atoms with Crippen LogP contribution in [0.2, 0.25) is 0 Å². The van der Waals surface area contributed by atoms with Crippen molar-refractivity contribution in [3.05, 3.63) is 11.9 Å². The van der Waals surface area contributed by atoms with Crippen LogP contribution in [-0.2, 0) is 21.8 Å². The molecule has 1 rings (SSSR count). The summed E-state index contributed by atoms with van der Waals surface area (Å²) in [6.07, 6.45) is 1.70. The lowest BCUT2D eigenvalue weighted by Gasteiger charge is -2.15. The van der Waals surface area contributed by atoms with E-state index in [4.69, 9.17) is 5.73 Å². The van der Waals surface area contributed by atoms with E-state index in [9.17, 15) is 8.42 Å². The summed E-state index contributed by atoms with van der Waals surface area (Å²) >= 11 is 0. The fraction of sp³-hybridized carbons (Fsp3) is 0.727. The van der Waals surface area contributed by atoms with Crippen LogP contribution in [0.4, 0.5) is 5.69 Å². The molecule has 0 aliphatic heterocycles. The average Bonchev–Trinajstić information content (AvgIpc) is 2.57. The average molecular weight is 259 g/mol. The summed E-state index contributed by atoms with van der Waals surface area (Å²) < 4.78 is 24.4. The molecule has 1 aromatic heterocycles. The van der Waals surface area contributed by atoms with Crippen LogP contribution in [0, 0.1) is 0 Å². The summed E-state index contributed by atoms with van der Waals surface area (Å²) in [5.74, 6) is 0.268. The third-order valence-corrected chi connectivity index (χ3v) is 4.26. The minimum atomic E-state index is -2.96. The molecule has 2 N–H and O–H groups in total. The van der Waals surface area contributed by atoms with Gasteiger partial charge in [0.15, 0.2) is 9.84 Å². The third-order valence-electron chi connectivity index (χ3n) is 2.57. The Hall–Kier alpha value is -1.04. The number of nitrogen functional groups attached to an aromatic ring is 1. The molecule has 17 heavy (non-hydrogen) atoms. The first-order valence-corrected chi connectivity index (χ1v) is 7.51. The number of nitrogens with two attached hydrogens (primary N) is 1. The van der Waals surface area contributed by atoms with Gasteiger partial charge in [-0.2, -0.15) is 5.10 Å². The van der Waals surface area contributed by atoms with Gasteiger partial charge in [-0.15, -0.1) is 0 Å². The number of anilines is 1. The fourth-order valence-corrected chi connectivity index (χ4v) is 2.27. The van der Waals surface area contributed by atoms with E-state index in [1.54, 1.807) is 17.8 Å². The van der Waals surface area contributed by atoms with Gasteiger partial charge in [-0.25, -0.2) is 8.42 Å². The number of hydrogen-bond acceptors (Lipinski definition) is 4. The van der Waals surface area contributed by atoms with Gasteiger partial charge in [-0.05, 0) is 0 Å². The quantitative estimate of drug-likeness (QED) is 0.881. The molecule has 0 atom stereocenters. The molecule has 6 heteroatoms. The van der Waals surface area contributed by atoms with Crippen LogP contribution < -0.4 is 5.73 Å². The number of aryl methyl sites for hydroxylation is 1. The smallest absolute Gasteiger partial charge is 0.151 e. The van der Waals surface area contributed by atoms with Crippen molar-refractivity contribution in [2.24, 2.45) is 0 Å². The van der Waals surface area contributed by atoms with Crippen molar-refractivity contribution in [1.29, 1.82) is 0 Å². The summed E-state index contributed by atoms with van der Waals surface area (Å²) in [6, 6.07) is 0.